The summed E-state index contributed by atoms with van der Waals surface area (Å²) in [5, 5.41) is 11.7. The molecule has 6 nitrogen and oxygen atoms in total. The van der Waals surface area contributed by atoms with Crippen LogP contribution in [0.1, 0.15) is 15.4 Å². The first-order valence-electron chi connectivity index (χ1n) is 6.03. The molecule has 7 heteroatoms. The zero-order valence-electron chi connectivity index (χ0n) is 11.3. The van der Waals surface area contributed by atoms with Gasteiger partial charge >= 0.3 is 0 Å². The number of ether oxygens (including phenoxy) is 2. The Hall–Kier alpha value is -1.99. The molecule has 1 aromatic heterocycles. The molecule has 2 aromatic rings. The van der Waals surface area contributed by atoms with Gasteiger partial charge in [0.2, 0.25) is 5.13 Å². The number of carbonyl (C=O) groups is 1. The minimum absolute atomic E-state index is 0.269. The number of hydrogen-bond acceptors (Lipinski definition) is 6. The van der Waals surface area contributed by atoms with Crippen LogP contribution >= 0.6 is 11.3 Å². The monoisotopic (exact) mass is 293 g/mol. The van der Waals surface area contributed by atoms with Gasteiger partial charge in [0.05, 0.1) is 12.2 Å². The second-order valence-electron chi connectivity index (χ2n) is 3.92. The number of nitrogens with one attached hydrogen (secondary N) is 1. The second kappa shape index (κ2) is 6.97. The van der Waals surface area contributed by atoms with E-state index < -0.39 is 0 Å². The van der Waals surface area contributed by atoms with Crippen molar-refractivity contribution in [3.63, 3.8) is 0 Å². The summed E-state index contributed by atoms with van der Waals surface area (Å²) in [6.45, 7) is 2.68. The van der Waals surface area contributed by atoms with Crippen LogP contribution in [0.15, 0.2) is 24.3 Å². The lowest BCUT2D eigenvalue weighted by Gasteiger charge is -2.10. The number of methoxy groups -OCH3 is 1. The standard InChI is InChI=1S/C13H15N3O3S/c1-9-15-16-13(20-9)14-12(17)10-5-3-4-6-11(10)19-8-7-18-2/h3-6H,7-8H2,1-2H3,(H,14,16,17). The van der Waals surface area contributed by atoms with Crippen LogP contribution in [0.5, 0.6) is 5.75 Å². The van der Waals surface area contributed by atoms with Crippen LogP contribution in [0.2, 0.25) is 0 Å². The van der Waals surface area contributed by atoms with Gasteiger partial charge in [0.1, 0.15) is 17.4 Å². The van der Waals surface area contributed by atoms with E-state index in [2.05, 4.69) is 15.5 Å². The molecule has 0 atom stereocenters. The van der Waals surface area contributed by atoms with Crippen LogP contribution in [0.3, 0.4) is 0 Å². The van der Waals surface area contributed by atoms with Crippen LogP contribution in [0.25, 0.3) is 0 Å². The van der Waals surface area contributed by atoms with E-state index in [4.69, 9.17) is 9.47 Å². The molecule has 0 unspecified atom stereocenters. The highest BCUT2D eigenvalue weighted by Crippen LogP contribution is 2.21. The van der Waals surface area contributed by atoms with Gasteiger partial charge in [0.25, 0.3) is 5.91 Å². The Bertz CT molecular complexity index is 586. The number of amides is 1. The van der Waals surface area contributed by atoms with E-state index in [0.29, 0.717) is 29.7 Å². The Morgan fingerprint density at radius 3 is 2.80 bits per heavy atom. The first-order valence-corrected chi connectivity index (χ1v) is 6.84. The number of aryl methyl sites for hydroxylation is 1. The largest absolute Gasteiger partial charge is 0.490 e. The van der Waals surface area contributed by atoms with Crippen molar-refractivity contribution in [2.24, 2.45) is 0 Å². The van der Waals surface area contributed by atoms with E-state index in [0.717, 1.165) is 5.01 Å². The molecule has 106 valence electrons. The lowest BCUT2D eigenvalue weighted by molar-refractivity contribution is 0.101. The van der Waals surface area contributed by atoms with Gasteiger partial charge in [-0.2, -0.15) is 0 Å². The fraction of sp³-hybridized carbons (Fsp3) is 0.308. The van der Waals surface area contributed by atoms with Gasteiger partial charge in [-0.25, -0.2) is 0 Å². The predicted molar refractivity (Wildman–Crippen MR) is 76.4 cm³/mol. The molecule has 0 fully saturated rings. The fourth-order valence-electron chi connectivity index (χ4n) is 1.53. The first kappa shape index (κ1) is 14.4. The number of hydrogen-bond donors (Lipinski definition) is 1. The van der Waals surface area contributed by atoms with Gasteiger partial charge in [-0.15, -0.1) is 10.2 Å². The summed E-state index contributed by atoms with van der Waals surface area (Å²) in [5.74, 6) is 0.248. The molecule has 1 aromatic carbocycles. The molecule has 0 aliphatic rings. The summed E-state index contributed by atoms with van der Waals surface area (Å²) >= 11 is 1.32. The van der Waals surface area contributed by atoms with Crippen molar-refractivity contribution in [1.29, 1.82) is 0 Å². The Balaban J connectivity index is 2.08. The smallest absolute Gasteiger partial charge is 0.261 e. The third-order valence-electron chi connectivity index (χ3n) is 2.42. The molecule has 0 radical (unpaired) electrons. The van der Waals surface area contributed by atoms with E-state index in [-0.39, 0.29) is 5.91 Å². The van der Waals surface area contributed by atoms with Gasteiger partial charge < -0.3 is 9.47 Å². The molecular formula is C13H15N3O3S. The minimum atomic E-state index is -0.269. The maximum Gasteiger partial charge on any atom is 0.261 e. The molecule has 0 aliphatic carbocycles. The lowest BCUT2D eigenvalue weighted by Crippen LogP contribution is -2.14. The van der Waals surface area contributed by atoms with Gasteiger partial charge in [-0.05, 0) is 19.1 Å². The maximum atomic E-state index is 12.2. The molecule has 1 heterocycles. The zero-order chi connectivity index (χ0) is 14.4. The fourth-order valence-corrected chi connectivity index (χ4v) is 2.11. The molecule has 0 spiro atoms. The Morgan fingerprint density at radius 2 is 2.10 bits per heavy atom. The normalized spacial score (nSPS) is 10.3. The summed E-state index contributed by atoms with van der Waals surface area (Å²) in [5.41, 5.74) is 0.455. The highest BCUT2D eigenvalue weighted by atomic mass is 32.1. The van der Waals surface area contributed by atoms with Gasteiger partial charge in [0.15, 0.2) is 0 Å². The van der Waals surface area contributed by atoms with Crippen LogP contribution < -0.4 is 10.1 Å². The highest BCUT2D eigenvalue weighted by molar-refractivity contribution is 7.15. The third kappa shape index (κ3) is 3.75. The van der Waals surface area contributed by atoms with Crippen molar-refractivity contribution >= 4 is 22.4 Å². The van der Waals surface area contributed by atoms with E-state index >= 15 is 0 Å². The molecule has 1 amide bonds. The van der Waals surface area contributed by atoms with Crippen molar-refractivity contribution in [2.45, 2.75) is 6.92 Å². The van der Waals surface area contributed by atoms with E-state index in [1.54, 1.807) is 25.3 Å². The number of benzene rings is 1. The van der Waals surface area contributed by atoms with Gasteiger partial charge in [0, 0.05) is 7.11 Å². The minimum Gasteiger partial charge on any atom is -0.490 e. The van der Waals surface area contributed by atoms with E-state index in [9.17, 15) is 4.79 Å². The van der Waals surface area contributed by atoms with Crippen LogP contribution in [0.4, 0.5) is 5.13 Å². The molecule has 0 saturated carbocycles. The number of rotatable bonds is 6. The average molecular weight is 293 g/mol. The Kier molecular flexibility index (Phi) is 5.03. The van der Waals surface area contributed by atoms with Crippen LogP contribution in [-0.2, 0) is 4.74 Å². The predicted octanol–water partition coefficient (Wildman–Crippen LogP) is 2.12. The van der Waals surface area contributed by atoms with Crippen LogP contribution in [-0.4, -0.2) is 36.4 Å². The average Bonchev–Trinajstić information content (AvgIpc) is 2.85. The second-order valence-corrected chi connectivity index (χ2v) is 5.10. The van der Waals surface area contributed by atoms with E-state index in [1.165, 1.54) is 11.3 Å². The number of anilines is 1. The Morgan fingerprint density at radius 1 is 1.30 bits per heavy atom. The van der Waals surface area contributed by atoms with Crippen molar-refractivity contribution in [2.75, 3.05) is 25.6 Å². The topological polar surface area (TPSA) is 73.3 Å². The Labute approximate surface area is 120 Å². The van der Waals surface area contributed by atoms with Gasteiger partial charge in [-0.1, -0.05) is 23.5 Å². The maximum absolute atomic E-state index is 12.2. The SMILES string of the molecule is COCCOc1ccccc1C(=O)Nc1nnc(C)s1. The molecule has 0 saturated heterocycles. The molecule has 1 N–H and O–H groups in total. The van der Waals surface area contributed by atoms with Crippen molar-refractivity contribution in [3.05, 3.63) is 34.8 Å². The summed E-state index contributed by atoms with van der Waals surface area (Å²) in [6.07, 6.45) is 0. The van der Waals surface area contributed by atoms with E-state index in [1.807, 2.05) is 13.0 Å². The van der Waals surface area contributed by atoms with Crippen molar-refractivity contribution in [1.82, 2.24) is 10.2 Å². The number of carbonyl (C=O) groups excluding carboxylic acids is 1. The van der Waals surface area contributed by atoms with Crippen LogP contribution in [0, 0.1) is 6.92 Å². The third-order valence-corrected chi connectivity index (χ3v) is 3.18. The molecule has 20 heavy (non-hydrogen) atoms. The number of nitrogens with zero attached hydrogens (tertiary/aromatic N) is 2. The quantitative estimate of drug-likeness (QED) is 0.826. The number of aromatic nitrogens is 2. The first-order chi connectivity index (χ1) is 9.70. The lowest BCUT2D eigenvalue weighted by atomic mass is 10.2. The zero-order valence-corrected chi connectivity index (χ0v) is 12.1. The molecule has 0 bridgehead atoms. The molecule has 2 rings (SSSR count). The summed E-state index contributed by atoms with van der Waals surface area (Å²) < 4.78 is 10.4. The summed E-state index contributed by atoms with van der Waals surface area (Å²) in [7, 11) is 1.60. The summed E-state index contributed by atoms with van der Waals surface area (Å²) in [6, 6.07) is 7.04. The molecule has 0 aliphatic heterocycles. The van der Waals surface area contributed by atoms with Gasteiger partial charge in [-0.3, -0.25) is 10.1 Å². The van der Waals surface area contributed by atoms with Crippen molar-refractivity contribution < 1.29 is 14.3 Å². The number of para-hydroxylation sites is 1. The highest BCUT2D eigenvalue weighted by Gasteiger charge is 2.14. The molecular weight excluding hydrogens is 278 g/mol. The van der Waals surface area contributed by atoms with Crippen molar-refractivity contribution in [3.8, 4) is 5.75 Å². The summed E-state index contributed by atoms with van der Waals surface area (Å²) in [4.78, 5) is 12.2.